The van der Waals surface area contributed by atoms with Crippen LogP contribution >= 0.6 is 11.6 Å². The molecule has 0 radical (unpaired) electrons. The van der Waals surface area contributed by atoms with Gasteiger partial charge in [-0.15, -0.1) is 0 Å². The first-order valence-electron chi connectivity index (χ1n) is 4.70. The van der Waals surface area contributed by atoms with Gasteiger partial charge in [0.05, 0.1) is 17.4 Å². The summed E-state index contributed by atoms with van der Waals surface area (Å²) in [5, 5.41) is 2.95. The van der Waals surface area contributed by atoms with Gasteiger partial charge < -0.3 is 10.7 Å². The van der Waals surface area contributed by atoms with Gasteiger partial charge in [-0.2, -0.15) is 0 Å². The van der Waals surface area contributed by atoms with E-state index < -0.39 is 5.82 Å². The highest BCUT2D eigenvalue weighted by Gasteiger charge is 2.02. The molecular weight excluding hydrogens is 245 g/mol. The fourth-order valence-electron chi connectivity index (χ4n) is 1.22. The second kappa shape index (κ2) is 4.94. The quantitative estimate of drug-likeness (QED) is 0.578. The topological polar surface area (TPSA) is 75.9 Å². The Hall–Kier alpha value is -1.92. The molecule has 0 spiro atoms. The second-order valence-electron chi connectivity index (χ2n) is 3.19. The maximum Gasteiger partial charge on any atom is 0.160 e. The van der Waals surface area contributed by atoms with Crippen molar-refractivity contribution in [1.29, 1.82) is 0 Å². The van der Waals surface area contributed by atoms with Crippen LogP contribution in [0.25, 0.3) is 0 Å². The number of nitrogen functional groups attached to an aromatic ring is 1. The molecule has 0 unspecified atom stereocenters. The molecule has 88 valence electrons. The van der Waals surface area contributed by atoms with E-state index in [4.69, 9.17) is 17.4 Å². The van der Waals surface area contributed by atoms with Crippen LogP contribution in [-0.2, 0) is 0 Å². The average molecular weight is 254 g/mol. The van der Waals surface area contributed by atoms with Gasteiger partial charge in [-0.1, -0.05) is 11.6 Å². The zero-order valence-electron chi connectivity index (χ0n) is 8.61. The number of benzene rings is 1. The van der Waals surface area contributed by atoms with Gasteiger partial charge in [0.2, 0.25) is 0 Å². The van der Waals surface area contributed by atoms with Crippen molar-refractivity contribution >= 4 is 28.9 Å². The van der Waals surface area contributed by atoms with Crippen molar-refractivity contribution in [3.8, 4) is 0 Å². The molecular formula is C10H9ClFN5. The molecule has 0 atom stereocenters. The van der Waals surface area contributed by atoms with Gasteiger partial charge in [0, 0.05) is 5.69 Å². The number of nitrogens with one attached hydrogen (secondary N) is 2. The van der Waals surface area contributed by atoms with E-state index in [1.54, 1.807) is 6.07 Å². The van der Waals surface area contributed by atoms with E-state index in [-0.39, 0.29) is 5.02 Å². The van der Waals surface area contributed by atoms with Gasteiger partial charge in [-0.05, 0) is 18.2 Å². The Morgan fingerprint density at radius 3 is 2.71 bits per heavy atom. The predicted molar refractivity (Wildman–Crippen MR) is 64.5 cm³/mol. The second-order valence-corrected chi connectivity index (χ2v) is 3.59. The largest absolute Gasteiger partial charge is 0.339 e. The summed E-state index contributed by atoms with van der Waals surface area (Å²) in [5.41, 5.74) is 2.89. The van der Waals surface area contributed by atoms with Crippen LogP contribution in [-0.4, -0.2) is 9.97 Å². The van der Waals surface area contributed by atoms with E-state index in [1.165, 1.54) is 24.5 Å². The summed E-state index contributed by atoms with van der Waals surface area (Å²) < 4.78 is 13.2. The summed E-state index contributed by atoms with van der Waals surface area (Å²) in [4.78, 5) is 7.98. The first kappa shape index (κ1) is 11.6. The molecule has 0 fully saturated rings. The van der Waals surface area contributed by atoms with Crippen molar-refractivity contribution in [2.45, 2.75) is 0 Å². The summed E-state index contributed by atoms with van der Waals surface area (Å²) in [6.07, 6.45) is 2.96. The first-order chi connectivity index (χ1) is 8.19. The fourth-order valence-corrected chi connectivity index (χ4v) is 1.34. The molecule has 0 saturated heterocycles. The Bertz CT molecular complexity index is 534. The Morgan fingerprint density at radius 1 is 1.24 bits per heavy atom. The molecule has 0 bridgehead atoms. The Labute approximate surface area is 102 Å². The summed E-state index contributed by atoms with van der Waals surface area (Å²) >= 11 is 5.57. The highest BCUT2D eigenvalue weighted by Crippen LogP contribution is 2.21. The van der Waals surface area contributed by atoms with Crippen molar-refractivity contribution < 1.29 is 4.39 Å². The third-order valence-electron chi connectivity index (χ3n) is 1.97. The maximum absolute atomic E-state index is 13.2. The van der Waals surface area contributed by atoms with Gasteiger partial charge in [0.15, 0.2) is 11.6 Å². The number of hydrazine groups is 1. The molecule has 2 aromatic rings. The van der Waals surface area contributed by atoms with Crippen LogP contribution in [0.2, 0.25) is 5.02 Å². The molecule has 4 N–H and O–H groups in total. The maximum atomic E-state index is 13.2. The van der Waals surface area contributed by atoms with Crippen LogP contribution in [0.4, 0.5) is 21.7 Å². The SMILES string of the molecule is NNc1cncc(Nc2ccc(Cl)c(F)c2)n1. The number of anilines is 3. The molecule has 1 aromatic carbocycles. The Balaban J connectivity index is 2.22. The molecule has 0 saturated carbocycles. The van der Waals surface area contributed by atoms with Gasteiger partial charge in [-0.25, -0.2) is 15.2 Å². The van der Waals surface area contributed by atoms with Gasteiger partial charge in [0.1, 0.15) is 5.82 Å². The summed E-state index contributed by atoms with van der Waals surface area (Å²) in [6, 6.07) is 4.36. The van der Waals surface area contributed by atoms with Crippen LogP contribution in [0, 0.1) is 5.82 Å². The number of hydrogen-bond acceptors (Lipinski definition) is 5. The monoisotopic (exact) mass is 253 g/mol. The minimum Gasteiger partial charge on any atom is -0.339 e. The molecule has 0 aliphatic carbocycles. The van der Waals surface area contributed by atoms with Crippen LogP contribution < -0.4 is 16.6 Å². The van der Waals surface area contributed by atoms with Gasteiger partial charge in [-0.3, -0.25) is 4.98 Å². The van der Waals surface area contributed by atoms with Crippen LogP contribution in [0.1, 0.15) is 0 Å². The van der Waals surface area contributed by atoms with Crippen molar-refractivity contribution in [2.75, 3.05) is 10.7 Å². The summed E-state index contributed by atoms with van der Waals surface area (Å²) in [7, 11) is 0. The molecule has 17 heavy (non-hydrogen) atoms. The molecule has 5 nitrogen and oxygen atoms in total. The van der Waals surface area contributed by atoms with Crippen molar-refractivity contribution in [3.05, 3.63) is 41.4 Å². The smallest absolute Gasteiger partial charge is 0.160 e. The fraction of sp³-hybridized carbons (Fsp3) is 0. The van der Waals surface area contributed by atoms with E-state index in [9.17, 15) is 4.39 Å². The molecule has 1 aromatic heterocycles. The number of halogens is 2. The minimum atomic E-state index is -0.502. The van der Waals surface area contributed by atoms with E-state index in [0.717, 1.165) is 0 Å². The zero-order valence-corrected chi connectivity index (χ0v) is 9.37. The Morgan fingerprint density at radius 2 is 2.00 bits per heavy atom. The number of nitrogens with zero attached hydrogens (tertiary/aromatic N) is 2. The van der Waals surface area contributed by atoms with Crippen molar-refractivity contribution in [2.24, 2.45) is 5.84 Å². The van der Waals surface area contributed by atoms with E-state index in [0.29, 0.717) is 17.3 Å². The van der Waals surface area contributed by atoms with Crippen LogP contribution in [0.15, 0.2) is 30.6 Å². The normalized spacial score (nSPS) is 10.1. The Kier molecular flexibility index (Phi) is 3.36. The lowest BCUT2D eigenvalue weighted by Crippen LogP contribution is -2.09. The number of aromatic nitrogens is 2. The number of hydrogen-bond donors (Lipinski definition) is 3. The van der Waals surface area contributed by atoms with E-state index in [1.807, 2.05) is 0 Å². The molecule has 7 heteroatoms. The van der Waals surface area contributed by atoms with Crippen LogP contribution in [0.5, 0.6) is 0 Å². The predicted octanol–water partition coefficient (Wildman–Crippen LogP) is 2.30. The lowest BCUT2D eigenvalue weighted by molar-refractivity contribution is 0.629. The highest BCUT2D eigenvalue weighted by molar-refractivity contribution is 6.30. The average Bonchev–Trinajstić information content (AvgIpc) is 2.34. The van der Waals surface area contributed by atoms with Crippen molar-refractivity contribution in [1.82, 2.24) is 9.97 Å². The molecule has 1 heterocycles. The molecule has 0 aliphatic heterocycles. The van der Waals surface area contributed by atoms with E-state index in [2.05, 4.69) is 20.7 Å². The molecule has 2 rings (SSSR count). The highest BCUT2D eigenvalue weighted by atomic mass is 35.5. The first-order valence-corrected chi connectivity index (χ1v) is 5.07. The third-order valence-corrected chi connectivity index (χ3v) is 2.28. The lowest BCUT2D eigenvalue weighted by Gasteiger charge is -2.07. The zero-order chi connectivity index (χ0) is 12.3. The molecule has 0 aliphatic rings. The van der Waals surface area contributed by atoms with Crippen molar-refractivity contribution in [3.63, 3.8) is 0 Å². The minimum absolute atomic E-state index is 0.0685. The van der Waals surface area contributed by atoms with E-state index >= 15 is 0 Å². The number of rotatable bonds is 3. The summed E-state index contributed by atoms with van der Waals surface area (Å²) in [6.45, 7) is 0. The van der Waals surface area contributed by atoms with Gasteiger partial charge >= 0.3 is 0 Å². The lowest BCUT2D eigenvalue weighted by atomic mass is 10.3. The summed E-state index contributed by atoms with van der Waals surface area (Å²) in [5.74, 6) is 5.55. The standard InChI is InChI=1S/C10H9ClFN5/c11-7-2-1-6(3-8(7)12)15-9-4-14-5-10(16-9)17-13/h1-5H,13H2,(H2,15,16,17). The number of nitrogens with two attached hydrogens (primary N) is 1. The molecule has 0 amide bonds. The van der Waals surface area contributed by atoms with Gasteiger partial charge in [0.25, 0.3) is 0 Å². The third kappa shape index (κ3) is 2.80. The van der Waals surface area contributed by atoms with Crippen LogP contribution in [0.3, 0.4) is 0 Å².